The highest BCUT2D eigenvalue weighted by Gasteiger charge is 2.16. The van der Waals surface area contributed by atoms with E-state index in [4.69, 9.17) is 22.2 Å². The Morgan fingerprint density at radius 2 is 2.19 bits per heavy atom. The highest BCUT2D eigenvalue weighted by molar-refractivity contribution is 7.14. The van der Waals surface area contributed by atoms with Crippen LogP contribution in [0.1, 0.15) is 14.5 Å². The highest BCUT2D eigenvalue weighted by atomic mass is 35.5. The number of nitrogens with zero attached hydrogens (tertiary/aromatic N) is 1. The number of ether oxygens (including phenoxy) is 1. The lowest BCUT2D eigenvalue weighted by Gasteiger charge is -2.05. The number of hydrazine groups is 1. The predicted molar refractivity (Wildman–Crippen MR) is 78.4 cm³/mol. The summed E-state index contributed by atoms with van der Waals surface area (Å²) in [5.41, 5.74) is 1.82. The van der Waals surface area contributed by atoms with E-state index >= 15 is 0 Å². The topological polar surface area (TPSA) is 107 Å². The first-order valence-corrected chi connectivity index (χ1v) is 6.87. The Bertz CT molecular complexity index is 689. The number of hydrogen-bond donors (Lipinski definition) is 2. The van der Waals surface area contributed by atoms with E-state index in [2.05, 4.69) is 0 Å². The van der Waals surface area contributed by atoms with Crippen molar-refractivity contribution in [2.75, 3.05) is 0 Å². The minimum absolute atomic E-state index is 0.102. The van der Waals surface area contributed by atoms with Gasteiger partial charge in [-0.05, 0) is 24.3 Å². The van der Waals surface area contributed by atoms with Gasteiger partial charge < -0.3 is 4.74 Å². The molecule has 0 bridgehead atoms. The van der Waals surface area contributed by atoms with Crippen LogP contribution in [0, 0.1) is 10.1 Å². The molecule has 1 aromatic heterocycles. The van der Waals surface area contributed by atoms with Gasteiger partial charge in [0.1, 0.15) is 6.61 Å². The van der Waals surface area contributed by atoms with E-state index in [1.807, 2.05) is 5.43 Å². The van der Waals surface area contributed by atoms with Gasteiger partial charge >= 0.3 is 5.69 Å². The van der Waals surface area contributed by atoms with Gasteiger partial charge in [0.05, 0.1) is 9.80 Å². The number of carbonyl (C=O) groups excluding carboxylic acids is 1. The van der Waals surface area contributed by atoms with Gasteiger partial charge in [0.25, 0.3) is 5.91 Å². The second-order valence-corrected chi connectivity index (χ2v) is 5.50. The van der Waals surface area contributed by atoms with Gasteiger partial charge in [0.15, 0.2) is 5.75 Å². The molecular weight excluding hydrogens is 318 g/mol. The van der Waals surface area contributed by atoms with Crippen LogP contribution in [0.5, 0.6) is 5.75 Å². The smallest absolute Gasteiger partial charge is 0.312 e. The largest absolute Gasteiger partial charge is 0.481 e. The Morgan fingerprint density at radius 3 is 2.86 bits per heavy atom. The number of benzene rings is 1. The van der Waals surface area contributed by atoms with Crippen LogP contribution in [0.25, 0.3) is 0 Å². The van der Waals surface area contributed by atoms with Crippen LogP contribution in [0.2, 0.25) is 5.02 Å². The molecule has 0 atom stereocenters. The van der Waals surface area contributed by atoms with Crippen LogP contribution in [0.4, 0.5) is 5.69 Å². The zero-order valence-electron chi connectivity index (χ0n) is 10.5. The average molecular weight is 328 g/mol. The number of amides is 1. The van der Waals surface area contributed by atoms with E-state index in [1.165, 1.54) is 29.5 Å². The molecule has 1 amide bonds. The minimum atomic E-state index is -0.567. The number of halogens is 1. The van der Waals surface area contributed by atoms with Crippen LogP contribution < -0.4 is 16.0 Å². The Morgan fingerprint density at radius 1 is 1.43 bits per heavy atom. The first-order valence-electron chi connectivity index (χ1n) is 5.67. The van der Waals surface area contributed by atoms with E-state index in [-0.39, 0.29) is 23.1 Å². The maximum Gasteiger partial charge on any atom is 0.312 e. The molecule has 0 saturated carbocycles. The van der Waals surface area contributed by atoms with Gasteiger partial charge in [-0.25, -0.2) is 5.84 Å². The van der Waals surface area contributed by atoms with Crippen molar-refractivity contribution < 1.29 is 14.5 Å². The number of rotatable bonds is 5. The standard InChI is InChI=1S/C12H10ClN3O4S/c13-7-1-3-10(9(5-7)16(18)19)20-6-8-2-4-11(21-8)12(17)15-14/h1-5H,6,14H2,(H,15,17). The summed E-state index contributed by atoms with van der Waals surface area (Å²) in [5, 5.41) is 11.2. The number of nitrogens with two attached hydrogens (primary N) is 1. The molecule has 2 aromatic rings. The van der Waals surface area contributed by atoms with Crippen molar-refractivity contribution >= 4 is 34.5 Å². The zero-order chi connectivity index (χ0) is 15.4. The van der Waals surface area contributed by atoms with Gasteiger partial charge in [-0.3, -0.25) is 20.3 Å². The molecule has 2 rings (SSSR count). The van der Waals surface area contributed by atoms with Crippen molar-refractivity contribution in [1.29, 1.82) is 0 Å². The Balaban J connectivity index is 2.11. The lowest BCUT2D eigenvalue weighted by atomic mass is 10.3. The molecule has 0 radical (unpaired) electrons. The quantitative estimate of drug-likeness (QED) is 0.379. The summed E-state index contributed by atoms with van der Waals surface area (Å²) < 4.78 is 5.41. The van der Waals surface area contributed by atoms with Gasteiger partial charge in [0, 0.05) is 16.0 Å². The molecule has 0 aliphatic carbocycles. The Labute approximate surface area is 128 Å². The second kappa shape index (κ2) is 6.53. The SMILES string of the molecule is NNC(=O)c1ccc(COc2ccc(Cl)cc2[N+](=O)[O-])s1. The van der Waals surface area contributed by atoms with Gasteiger partial charge in [-0.1, -0.05) is 11.6 Å². The average Bonchev–Trinajstić information content (AvgIpc) is 2.93. The predicted octanol–water partition coefficient (Wildman–Crippen LogP) is 2.49. The van der Waals surface area contributed by atoms with E-state index < -0.39 is 10.8 Å². The van der Waals surface area contributed by atoms with Crippen molar-refractivity contribution in [3.8, 4) is 5.75 Å². The molecule has 21 heavy (non-hydrogen) atoms. The summed E-state index contributed by atoms with van der Waals surface area (Å²) in [6, 6.07) is 7.45. The fourth-order valence-electron chi connectivity index (χ4n) is 1.55. The molecule has 1 heterocycles. The van der Waals surface area contributed by atoms with Gasteiger partial charge in [0.2, 0.25) is 0 Å². The summed E-state index contributed by atoms with van der Waals surface area (Å²) in [6.45, 7) is 0.102. The second-order valence-electron chi connectivity index (χ2n) is 3.90. The number of carbonyl (C=O) groups is 1. The highest BCUT2D eigenvalue weighted by Crippen LogP contribution is 2.31. The first kappa shape index (κ1) is 15.2. The zero-order valence-corrected chi connectivity index (χ0v) is 12.1. The fraction of sp³-hybridized carbons (Fsp3) is 0.0833. The number of thiophene rings is 1. The number of hydrogen-bond acceptors (Lipinski definition) is 6. The minimum Gasteiger partial charge on any atom is -0.481 e. The van der Waals surface area contributed by atoms with Gasteiger partial charge in [-0.2, -0.15) is 0 Å². The molecule has 1 aromatic carbocycles. The number of nitrogen functional groups attached to an aromatic ring is 1. The number of nitro groups is 1. The van der Waals surface area contributed by atoms with Crippen molar-refractivity contribution in [3.63, 3.8) is 0 Å². The van der Waals surface area contributed by atoms with Crippen molar-refractivity contribution in [2.45, 2.75) is 6.61 Å². The van der Waals surface area contributed by atoms with Gasteiger partial charge in [-0.15, -0.1) is 11.3 Å². The van der Waals surface area contributed by atoms with Crippen LogP contribution >= 0.6 is 22.9 Å². The molecule has 0 fully saturated rings. The lowest BCUT2D eigenvalue weighted by Crippen LogP contribution is -2.29. The summed E-state index contributed by atoms with van der Waals surface area (Å²) >= 11 is 6.91. The van der Waals surface area contributed by atoms with Crippen LogP contribution in [0.15, 0.2) is 30.3 Å². The molecular formula is C12H10ClN3O4S. The fourth-order valence-corrected chi connectivity index (χ4v) is 2.54. The summed E-state index contributed by atoms with van der Waals surface area (Å²) in [5.74, 6) is 4.75. The first-order chi connectivity index (χ1) is 10.0. The Hall–Kier alpha value is -2.16. The molecule has 110 valence electrons. The molecule has 3 N–H and O–H groups in total. The molecule has 0 saturated heterocycles. The van der Waals surface area contributed by atoms with E-state index in [0.717, 1.165) is 4.88 Å². The summed E-state index contributed by atoms with van der Waals surface area (Å²) in [6.07, 6.45) is 0. The summed E-state index contributed by atoms with van der Waals surface area (Å²) in [7, 11) is 0. The molecule has 0 aliphatic rings. The maximum atomic E-state index is 11.3. The van der Waals surface area contributed by atoms with Crippen LogP contribution in [-0.4, -0.2) is 10.8 Å². The monoisotopic (exact) mass is 327 g/mol. The normalized spacial score (nSPS) is 10.2. The summed E-state index contributed by atoms with van der Waals surface area (Å²) in [4.78, 5) is 22.8. The van der Waals surface area contributed by atoms with Crippen molar-refractivity contribution in [1.82, 2.24) is 5.43 Å². The van der Waals surface area contributed by atoms with E-state index in [0.29, 0.717) is 4.88 Å². The molecule has 7 nitrogen and oxygen atoms in total. The lowest BCUT2D eigenvalue weighted by molar-refractivity contribution is -0.385. The maximum absolute atomic E-state index is 11.3. The Kier molecular flexibility index (Phi) is 4.73. The van der Waals surface area contributed by atoms with Crippen molar-refractivity contribution in [3.05, 3.63) is 55.2 Å². The molecule has 0 aliphatic heterocycles. The third kappa shape index (κ3) is 3.69. The molecule has 0 unspecified atom stereocenters. The number of nitrogens with one attached hydrogen (secondary N) is 1. The van der Waals surface area contributed by atoms with Crippen LogP contribution in [-0.2, 0) is 6.61 Å². The van der Waals surface area contributed by atoms with E-state index in [1.54, 1.807) is 12.1 Å². The number of nitro benzene ring substituents is 1. The molecule has 9 heteroatoms. The molecule has 0 spiro atoms. The van der Waals surface area contributed by atoms with Crippen LogP contribution in [0.3, 0.4) is 0 Å². The third-order valence-corrected chi connectivity index (χ3v) is 3.80. The van der Waals surface area contributed by atoms with E-state index in [9.17, 15) is 14.9 Å². The van der Waals surface area contributed by atoms with Crippen molar-refractivity contribution in [2.24, 2.45) is 5.84 Å². The third-order valence-electron chi connectivity index (χ3n) is 2.50.